The van der Waals surface area contributed by atoms with Gasteiger partial charge in [0.1, 0.15) is 5.75 Å². The van der Waals surface area contributed by atoms with Crippen LogP contribution in [-0.2, 0) is 0 Å². The second-order valence-corrected chi connectivity index (χ2v) is 5.76. The molecule has 2 rings (SSSR count). The van der Waals surface area contributed by atoms with Gasteiger partial charge >= 0.3 is 0 Å². The number of benzene rings is 1. The van der Waals surface area contributed by atoms with Crippen molar-refractivity contribution in [1.29, 1.82) is 0 Å². The predicted octanol–water partition coefficient (Wildman–Crippen LogP) is 3.92. The fourth-order valence-corrected chi connectivity index (χ4v) is 3.09. The molecule has 1 atom stereocenters. The third-order valence-electron chi connectivity index (χ3n) is 4.30. The lowest BCUT2D eigenvalue weighted by molar-refractivity contribution is 0.0890. The molecule has 21 heavy (non-hydrogen) atoms. The quantitative estimate of drug-likeness (QED) is 0.743. The number of hydrogen-bond donors (Lipinski definition) is 0. The first-order chi connectivity index (χ1) is 10.2. The van der Waals surface area contributed by atoms with E-state index in [1.807, 2.05) is 31.2 Å². The van der Waals surface area contributed by atoms with Crippen molar-refractivity contribution in [3.05, 3.63) is 29.8 Å². The number of ketones is 1. The summed E-state index contributed by atoms with van der Waals surface area (Å²) in [6.45, 7) is 6.45. The van der Waals surface area contributed by atoms with Crippen molar-refractivity contribution in [2.24, 2.45) is 0 Å². The molecular formula is C18H27NO2. The molecule has 0 aromatic heterocycles. The molecule has 1 aliphatic rings. The maximum atomic E-state index is 12.5. The van der Waals surface area contributed by atoms with E-state index in [2.05, 4.69) is 11.8 Å². The Balaban J connectivity index is 1.98. The minimum absolute atomic E-state index is 0.221. The molecule has 0 radical (unpaired) electrons. The SMILES string of the molecule is CCOc1ccc(C(=O)CN2CCCCCC2CC)cc1. The van der Waals surface area contributed by atoms with Crippen LogP contribution in [0.4, 0.5) is 0 Å². The van der Waals surface area contributed by atoms with Gasteiger partial charge in [-0.25, -0.2) is 0 Å². The van der Waals surface area contributed by atoms with Crippen LogP contribution in [0.1, 0.15) is 56.3 Å². The molecule has 0 amide bonds. The van der Waals surface area contributed by atoms with E-state index in [1.165, 1.54) is 25.7 Å². The number of Topliss-reactive ketones (excluding diaryl/α,β-unsaturated/α-hetero) is 1. The molecule has 0 spiro atoms. The summed E-state index contributed by atoms with van der Waals surface area (Å²) in [7, 11) is 0. The predicted molar refractivity (Wildman–Crippen MR) is 86.1 cm³/mol. The van der Waals surface area contributed by atoms with Gasteiger partial charge in [0.2, 0.25) is 0 Å². The Labute approximate surface area is 128 Å². The molecule has 1 aromatic carbocycles. The van der Waals surface area contributed by atoms with E-state index in [1.54, 1.807) is 0 Å². The molecule has 1 aliphatic heterocycles. The Kier molecular flexibility index (Phi) is 6.24. The smallest absolute Gasteiger partial charge is 0.176 e. The van der Waals surface area contributed by atoms with Gasteiger partial charge in [-0.05, 0) is 57.0 Å². The summed E-state index contributed by atoms with van der Waals surface area (Å²) >= 11 is 0. The van der Waals surface area contributed by atoms with Gasteiger partial charge in [0.15, 0.2) is 5.78 Å². The Morgan fingerprint density at radius 3 is 2.62 bits per heavy atom. The van der Waals surface area contributed by atoms with Crippen molar-refractivity contribution in [1.82, 2.24) is 4.90 Å². The van der Waals surface area contributed by atoms with Gasteiger partial charge < -0.3 is 4.74 Å². The summed E-state index contributed by atoms with van der Waals surface area (Å²) in [5.41, 5.74) is 0.789. The van der Waals surface area contributed by atoms with Crippen molar-refractivity contribution < 1.29 is 9.53 Å². The van der Waals surface area contributed by atoms with Crippen LogP contribution >= 0.6 is 0 Å². The number of ether oxygens (including phenoxy) is 1. The monoisotopic (exact) mass is 289 g/mol. The van der Waals surface area contributed by atoms with E-state index < -0.39 is 0 Å². The third-order valence-corrected chi connectivity index (χ3v) is 4.30. The van der Waals surface area contributed by atoms with Crippen LogP contribution in [0, 0.1) is 0 Å². The number of carbonyl (C=O) groups excluding carboxylic acids is 1. The van der Waals surface area contributed by atoms with Crippen molar-refractivity contribution in [3.63, 3.8) is 0 Å². The van der Waals surface area contributed by atoms with E-state index in [-0.39, 0.29) is 5.78 Å². The van der Waals surface area contributed by atoms with Crippen LogP contribution in [0.25, 0.3) is 0 Å². The van der Waals surface area contributed by atoms with Gasteiger partial charge in [-0.2, -0.15) is 0 Å². The Bertz CT molecular complexity index is 441. The second-order valence-electron chi connectivity index (χ2n) is 5.76. The van der Waals surface area contributed by atoms with E-state index >= 15 is 0 Å². The molecule has 116 valence electrons. The number of carbonyl (C=O) groups is 1. The van der Waals surface area contributed by atoms with Crippen LogP contribution in [0.5, 0.6) is 5.75 Å². The van der Waals surface area contributed by atoms with E-state index in [0.29, 0.717) is 19.2 Å². The lowest BCUT2D eigenvalue weighted by Gasteiger charge is -2.28. The van der Waals surface area contributed by atoms with Crippen LogP contribution in [-0.4, -0.2) is 36.4 Å². The van der Waals surface area contributed by atoms with Crippen LogP contribution in [0.15, 0.2) is 24.3 Å². The molecule has 0 N–H and O–H groups in total. The minimum Gasteiger partial charge on any atom is -0.494 e. The van der Waals surface area contributed by atoms with Crippen molar-refractivity contribution in [2.75, 3.05) is 19.7 Å². The molecule has 0 saturated carbocycles. The van der Waals surface area contributed by atoms with Gasteiger partial charge in [-0.1, -0.05) is 19.8 Å². The van der Waals surface area contributed by atoms with E-state index in [9.17, 15) is 4.79 Å². The zero-order valence-corrected chi connectivity index (χ0v) is 13.3. The average Bonchev–Trinajstić information content (AvgIpc) is 2.73. The molecule has 0 aliphatic carbocycles. The van der Waals surface area contributed by atoms with Gasteiger partial charge in [-0.15, -0.1) is 0 Å². The van der Waals surface area contributed by atoms with Crippen molar-refractivity contribution >= 4 is 5.78 Å². The minimum atomic E-state index is 0.221. The first kappa shape index (κ1) is 16.0. The number of likely N-dealkylation sites (tertiary alicyclic amines) is 1. The summed E-state index contributed by atoms with van der Waals surface area (Å²) in [6.07, 6.45) is 6.17. The van der Waals surface area contributed by atoms with E-state index in [4.69, 9.17) is 4.74 Å². The highest BCUT2D eigenvalue weighted by Crippen LogP contribution is 2.20. The van der Waals surface area contributed by atoms with Crippen molar-refractivity contribution in [2.45, 2.75) is 52.0 Å². The first-order valence-electron chi connectivity index (χ1n) is 8.24. The summed E-state index contributed by atoms with van der Waals surface area (Å²) in [6, 6.07) is 8.10. The third kappa shape index (κ3) is 4.57. The Morgan fingerprint density at radius 1 is 1.19 bits per heavy atom. The number of rotatable bonds is 6. The maximum absolute atomic E-state index is 12.5. The molecule has 3 nitrogen and oxygen atoms in total. The Hall–Kier alpha value is -1.35. The summed E-state index contributed by atoms with van der Waals surface area (Å²) in [5.74, 6) is 1.05. The van der Waals surface area contributed by atoms with Gasteiger partial charge in [0.25, 0.3) is 0 Å². The fraction of sp³-hybridized carbons (Fsp3) is 0.611. The lowest BCUT2D eigenvalue weighted by atomic mass is 10.1. The van der Waals surface area contributed by atoms with Gasteiger partial charge in [0.05, 0.1) is 13.2 Å². The molecule has 1 aromatic rings. The topological polar surface area (TPSA) is 29.5 Å². The average molecular weight is 289 g/mol. The van der Waals surface area contributed by atoms with Crippen LogP contribution < -0.4 is 4.74 Å². The van der Waals surface area contributed by atoms with Crippen LogP contribution in [0.3, 0.4) is 0 Å². The van der Waals surface area contributed by atoms with Gasteiger partial charge in [0, 0.05) is 11.6 Å². The first-order valence-corrected chi connectivity index (χ1v) is 8.24. The molecule has 1 heterocycles. The highest BCUT2D eigenvalue weighted by molar-refractivity contribution is 5.97. The molecule has 1 fully saturated rings. The number of hydrogen-bond acceptors (Lipinski definition) is 3. The summed E-state index contributed by atoms with van der Waals surface area (Å²) < 4.78 is 5.42. The lowest BCUT2D eigenvalue weighted by Crippen LogP contribution is -2.38. The molecule has 1 unspecified atom stereocenters. The van der Waals surface area contributed by atoms with E-state index in [0.717, 1.165) is 24.3 Å². The van der Waals surface area contributed by atoms with Crippen LogP contribution in [0.2, 0.25) is 0 Å². The number of nitrogens with zero attached hydrogens (tertiary/aromatic N) is 1. The highest BCUT2D eigenvalue weighted by Gasteiger charge is 2.22. The highest BCUT2D eigenvalue weighted by atomic mass is 16.5. The molecule has 0 bridgehead atoms. The maximum Gasteiger partial charge on any atom is 0.176 e. The molecule has 3 heteroatoms. The fourth-order valence-electron chi connectivity index (χ4n) is 3.09. The largest absolute Gasteiger partial charge is 0.494 e. The zero-order chi connectivity index (χ0) is 15.1. The standard InChI is InChI=1S/C18H27NO2/c1-3-16-8-6-5-7-13-19(16)14-18(20)15-9-11-17(12-10-15)21-4-2/h9-12,16H,3-8,13-14H2,1-2H3. The molecule has 1 saturated heterocycles. The molecular weight excluding hydrogens is 262 g/mol. The Morgan fingerprint density at radius 2 is 1.95 bits per heavy atom. The van der Waals surface area contributed by atoms with Crippen molar-refractivity contribution in [3.8, 4) is 5.75 Å². The second kappa shape index (κ2) is 8.18. The summed E-state index contributed by atoms with van der Waals surface area (Å²) in [4.78, 5) is 14.9. The normalized spacial score (nSPS) is 20.0. The zero-order valence-electron chi connectivity index (χ0n) is 13.3. The summed E-state index contributed by atoms with van der Waals surface area (Å²) in [5, 5.41) is 0. The van der Waals surface area contributed by atoms with Gasteiger partial charge in [-0.3, -0.25) is 9.69 Å².